The molecule has 0 saturated carbocycles. The fourth-order valence-corrected chi connectivity index (χ4v) is 3.22. The highest BCUT2D eigenvalue weighted by Gasteiger charge is 2.10. The van der Waals surface area contributed by atoms with Crippen molar-refractivity contribution in [2.24, 2.45) is 0 Å². The van der Waals surface area contributed by atoms with Crippen molar-refractivity contribution in [1.82, 2.24) is 14.9 Å². The smallest absolute Gasteiger partial charge is 0.224 e. The average Bonchev–Trinajstić information content (AvgIpc) is 3.02. The largest absolute Gasteiger partial charge is 0.494 e. The van der Waals surface area contributed by atoms with Crippen LogP contribution in [0.3, 0.4) is 0 Å². The van der Waals surface area contributed by atoms with Crippen molar-refractivity contribution in [2.75, 3.05) is 13.2 Å². The van der Waals surface area contributed by atoms with E-state index in [4.69, 9.17) is 9.72 Å². The van der Waals surface area contributed by atoms with E-state index in [9.17, 15) is 4.79 Å². The van der Waals surface area contributed by atoms with Crippen LogP contribution in [0.2, 0.25) is 0 Å². The number of nitrogens with zero attached hydrogens (tertiary/aromatic N) is 2. The quantitative estimate of drug-likeness (QED) is 0.628. The van der Waals surface area contributed by atoms with Gasteiger partial charge in [0.2, 0.25) is 5.91 Å². The second kappa shape index (κ2) is 9.21. The van der Waals surface area contributed by atoms with Gasteiger partial charge in [0.15, 0.2) is 0 Å². The van der Waals surface area contributed by atoms with E-state index in [1.807, 2.05) is 49.4 Å². The molecule has 5 nitrogen and oxygen atoms in total. The predicted octanol–water partition coefficient (Wildman–Crippen LogP) is 3.75. The molecule has 1 amide bonds. The fraction of sp³-hybridized carbons (Fsp3) is 0.364. The Morgan fingerprint density at radius 2 is 1.89 bits per heavy atom. The number of imidazole rings is 1. The highest BCUT2D eigenvalue weighted by molar-refractivity contribution is 5.78. The van der Waals surface area contributed by atoms with Gasteiger partial charge in [0, 0.05) is 19.5 Å². The zero-order valence-electron chi connectivity index (χ0n) is 16.1. The first-order chi connectivity index (χ1) is 13.2. The third kappa shape index (κ3) is 4.88. The van der Waals surface area contributed by atoms with Crippen molar-refractivity contribution in [1.29, 1.82) is 0 Å². The maximum absolute atomic E-state index is 12.2. The number of benzene rings is 2. The molecule has 1 N–H and O–H groups in total. The number of hydrogen-bond donors (Lipinski definition) is 1. The topological polar surface area (TPSA) is 56.2 Å². The van der Waals surface area contributed by atoms with Crippen LogP contribution >= 0.6 is 0 Å². The lowest BCUT2D eigenvalue weighted by Gasteiger charge is -2.09. The normalized spacial score (nSPS) is 10.9. The fourth-order valence-electron chi connectivity index (χ4n) is 3.22. The van der Waals surface area contributed by atoms with Crippen molar-refractivity contribution < 1.29 is 9.53 Å². The zero-order valence-corrected chi connectivity index (χ0v) is 16.1. The highest BCUT2D eigenvalue weighted by Crippen LogP contribution is 2.17. The summed E-state index contributed by atoms with van der Waals surface area (Å²) in [5.41, 5.74) is 3.16. The van der Waals surface area contributed by atoms with Crippen LogP contribution in [-0.4, -0.2) is 28.6 Å². The van der Waals surface area contributed by atoms with Crippen LogP contribution in [0.5, 0.6) is 5.75 Å². The molecule has 2 aromatic carbocycles. The lowest BCUT2D eigenvalue weighted by Crippen LogP contribution is -2.28. The molecule has 0 unspecified atom stereocenters. The average molecular weight is 365 g/mol. The summed E-state index contributed by atoms with van der Waals surface area (Å²) in [5.74, 6) is 1.88. The van der Waals surface area contributed by atoms with Crippen molar-refractivity contribution in [3.05, 3.63) is 59.9 Å². The summed E-state index contributed by atoms with van der Waals surface area (Å²) < 4.78 is 7.68. The minimum Gasteiger partial charge on any atom is -0.494 e. The Bertz CT molecular complexity index is 884. The number of nitrogens with one attached hydrogen (secondary N) is 1. The lowest BCUT2D eigenvalue weighted by atomic mass is 10.1. The van der Waals surface area contributed by atoms with E-state index in [0.717, 1.165) is 47.6 Å². The van der Waals surface area contributed by atoms with E-state index < -0.39 is 0 Å². The summed E-state index contributed by atoms with van der Waals surface area (Å²) in [6.45, 7) is 6.29. The number of para-hydroxylation sites is 2. The third-order valence-electron chi connectivity index (χ3n) is 4.45. The van der Waals surface area contributed by atoms with Crippen molar-refractivity contribution in [3.8, 4) is 5.75 Å². The molecular weight excluding hydrogens is 338 g/mol. The number of aromatic nitrogens is 2. The number of fused-ring (bicyclic) bond motifs is 1. The van der Waals surface area contributed by atoms with Crippen LogP contribution < -0.4 is 10.1 Å². The van der Waals surface area contributed by atoms with Gasteiger partial charge in [0.05, 0.1) is 24.1 Å². The van der Waals surface area contributed by atoms with Crippen LogP contribution in [-0.2, 0) is 24.2 Å². The molecule has 0 radical (unpaired) electrons. The van der Waals surface area contributed by atoms with Crippen molar-refractivity contribution in [2.45, 2.75) is 39.7 Å². The number of ether oxygens (including phenoxy) is 1. The van der Waals surface area contributed by atoms with Gasteiger partial charge in [0.25, 0.3) is 0 Å². The molecule has 0 aliphatic heterocycles. The maximum Gasteiger partial charge on any atom is 0.224 e. The molecule has 1 aromatic heterocycles. The van der Waals surface area contributed by atoms with Gasteiger partial charge in [-0.3, -0.25) is 4.79 Å². The van der Waals surface area contributed by atoms with Crippen LogP contribution in [0.25, 0.3) is 11.0 Å². The maximum atomic E-state index is 12.2. The molecule has 0 aliphatic carbocycles. The van der Waals surface area contributed by atoms with Gasteiger partial charge >= 0.3 is 0 Å². The van der Waals surface area contributed by atoms with Gasteiger partial charge in [-0.2, -0.15) is 0 Å². The molecule has 1 heterocycles. The van der Waals surface area contributed by atoms with Gasteiger partial charge in [-0.25, -0.2) is 4.98 Å². The summed E-state index contributed by atoms with van der Waals surface area (Å²) in [6, 6.07) is 15.9. The summed E-state index contributed by atoms with van der Waals surface area (Å²) in [5, 5.41) is 3.01. The van der Waals surface area contributed by atoms with Gasteiger partial charge in [-0.1, -0.05) is 31.2 Å². The Hall–Kier alpha value is -2.82. The number of aryl methyl sites for hydroxylation is 1. The van der Waals surface area contributed by atoms with Gasteiger partial charge in [-0.05, 0) is 43.2 Å². The lowest BCUT2D eigenvalue weighted by molar-refractivity contribution is -0.120. The van der Waals surface area contributed by atoms with E-state index in [1.54, 1.807) is 0 Å². The summed E-state index contributed by atoms with van der Waals surface area (Å²) >= 11 is 0. The molecule has 142 valence electrons. The third-order valence-corrected chi connectivity index (χ3v) is 4.45. The Kier molecular flexibility index (Phi) is 6.47. The summed E-state index contributed by atoms with van der Waals surface area (Å²) in [7, 11) is 0. The zero-order chi connectivity index (χ0) is 19.1. The number of rotatable bonds is 9. The second-order valence-corrected chi connectivity index (χ2v) is 6.52. The van der Waals surface area contributed by atoms with Crippen LogP contribution in [0.1, 0.15) is 31.7 Å². The predicted molar refractivity (Wildman–Crippen MR) is 108 cm³/mol. The van der Waals surface area contributed by atoms with Gasteiger partial charge in [-0.15, -0.1) is 0 Å². The molecule has 0 atom stereocenters. The molecule has 0 saturated heterocycles. The Labute approximate surface area is 160 Å². The Morgan fingerprint density at radius 3 is 2.63 bits per heavy atom. The summed E-state index contributed by atoms with van der Waals surface area (Å²) in [6.07, 6.45) is 2.15. The van der Waals surface area contributed by atoms with Gasteiger partial charge < -0.3 is 14.6 Å². The minimum atomic E-state index is 0.0253. The molecule has 0 fully saturated rings. The molecule has 0 spiro atoms. The number of amides is 1. The molecule has 5 heteroatoms. The molecule has 0 bridgehead atoms. The number of hydrogen-bond acceptors (Lipinski definition) is 3. The molecule has 3 rings (SSSR count). The van der Waals surface area contributed by atoms with E-state index in [-0.39, 0.29) is 5.91 Å². The number of carbonyl (C=O) groups excluding carboxylic acids is 1. The minimum absolute atomic E-state index is 0.0253. The van der Waals surface area contributed by atoms with Crippen molar-refractivity contribution in [3.63, 3.8) is 0 Å². The Morgan fingerprint density at radius 1 is 1.11 bits per heavy atom. The van der Waals surface area contributed by atoms with Crippen LogP contribution in [0.4, 0.5) is 0 Å². The monoisotopic (exact) mass is 365 g/mol. The standard InChI is InChI=1S/C22H27N3O2/c1-3-15-25-20-8-6-5-7-19(20)24-21(25)13-14-23-22(26)16-17-9-11-18(12-10-17)27-4-2/h5-12H,3-4,13-16H2,1-2H3,(H,23,26). The van der Waals surface area contributed by atoms with Crippen LogP contribution in [0.15, 0.2) is 48.5 Å². The van der Waals surface area contributed by atoms with E-state index in [1.165, 1.54) is 0 Å². The van der Waals surface area contributed by atoms with E-state index in [2.05, 4.69) is 22.9 Å². The number of carbonyl (C=O) groups is 1. The molecule has 27 heavy (non-hydrogen) atoms. The first-order valence-corrected chi connectivity index (χ1v) is 9.63. The van der Waals surface area contributed by atoms with E-state index >= 15 is 0 Å². The highest BCUT2D eigenvalue weighted by atomic mass is 16.5. The van der Waals surface area contributed by atoms with Crippen molar-refractivity contribution >= 4 is 16.9 Å². The molecule has 3 aromatic rings. The van der Waals surface area contributed by atoms with Gasteiger partial charge in [0.1, 0.15) is 11.6 Å². The Balaban J connectivity index is 1.55. The summed E-state index contributed by atoms with van der Waals surface area (Å²) in [4.78, 5) is 17.0. The molecular formula is C22H27N3O2. The van der Waals surface area contributed by atoms with E-state index in [0.29, 0.717) is 19.6 Å². The molecule has 0 aliphatic rings. The van der Waals surface area contributed by atoms with Crippen LogP contribution in [0, 0.1) is 0 Å². The first kappa shape index (κ1) is 19.0. The SMILES string of the molecule is CCCn1c(CCNC(=O)Cc2ccc(OCC)cc2)nc2ccccc21. The first-order valence-electron chi connectivity index (χ1n) is 9.63. The second-order valence-electron chi connectivity index (χ2n) is 6.52.